The molecule has 0 N–H and O–H groups in total. The van der Waals surface area contributed by atoms with Crippen molar-refractivity contribution in [2.24, 2.45) is 0 Å². The number of hydrogen-bond acceptors (Lipinski definition) is 2. The van der Waals surface area contributed by atoms with Crippen molar-refractivity contribution in [2.45, 2.75) is 0 Å². The summed E-state index contributed by atoms with van der Waals surface area (Å²) in [5, 5.41) is 1.11. The highest BCUT2D eigenvalue weighted by molar-refractivity contribution is 9.10. The lowest BCUT2D eigenvalue weighted by atomic mass is 10.2. The fourth-order valence-corrected chi connectivity index (χ4v) is 1.52. The maximum Gasteiger partial charge on any atom is 0.121 e. The quantitative estimate of drug-likeness (QED) is 0.712. The van der Waals surface area contributed by atoms with Crippen molar-refractivity contribution in [1.29, 1.82) is 0 Å². The van der Waals surface area contributed by atoms with E-state index in [-0.39, 0.29) is 0 Å². The summed E-state index contributed by atoms with van der Waals surface area (Å²) in [5.74, 6) is 0.832. The average molecular weight is 238 g/mol. The molecule has 0 bridgehead atoms. The fraction of sp³-hybridized carbons (Fsp3) is 0.100. The van der Waals surface area contributed by atoms with Gasteiger partial charge in [-0.05, 0) is 34.1 Å². The molecule has 1 aromatic heterocycles. The van der Waals surface area contributed by atoms with Crippen LogP contribution in [0.25, 0.3) is 10.9 Å². The van der Waals surface area contributed by atoms with Gasteiger partial charge in [0.1, 0.15) is 10.4 Å². The van der Waals surface area contributed by atoms with E-state index in [0.29, 0.717) is 0 Å². The number of benzene rings is 1. The predicted octanol–water partition coefficient (Wildman–Crippen LogP) is 3.01. The molecule has 2 aromatic rings. The Balaban J connectivity index is 2.68. The van der Waals surface area contributed by atoms with Gasteiger partial charge in [0.2, 0.25) is 0 Å². The van der Waals surface area contributed by atoms with Crippen molar-refractivity contribution >= 4 is 26.8 Å². The normalized spacial score (nSPS) is 10.3. The minimum atomic E-state index is 0.832. The lowest BCUT2D eigenvalue weighted by Crippen LogP contribution is -1.84. The van der Waals surface area contributed by atoms with Crippen LogP contribution in [0.3, 0.4) is 0 Å². The van der Waals surface area contributed by atoms with E-state index in [0.717, 1.165) is 21.3 Å². The smallest absolute Gasteiger partial charge is 0.121 e. The number of rotatable bonds is 1. The topological polar surface area (TPSA) is 22.1 Å². The van der Waals surface area contributed by atoms with Gasteiger partial charge in [0.05, 0.1) is 12.6 Å². The second kappa shape index (κ2) is 3.34. The Morgan fingerprint density at radius 3 is 2.77 bits per heavy atom. The Morgan fingerprint density at radius 2 is 2.00 bits per heavy atom. The van der Waals surface area contributed by atoms with Gasteiger partial charge in [0.25, 0.3) is 0 Å². The molecule has 1 aromatic carbocycles. The van der Waals surface area contributed by atoms with Crippen LogP contribution in [0, 0.1) is 0 Å². The Kier molecular flexibility index (Phi) is 2.19. The highest BCUT2D eigenvalue weighted by Gasteiger charge is 1.97. The van der Waals surface area contributed by atoms with Crippen LogP contribution in [0.15, 0.2) is 34.9 Å². The zero-order valence-electron chi connectivity index (χ0n) is 7.12. The second-order valence-electron chi connectivity index (χ2n) is 2.69. The first kappa shape index (κ1) is 8.51. The highest BCUT2D eigenvalue weighted by atomic mass is 79.9. The van der Waals surface area contributed by atoms with E-state index in [1.807, 2.05) is 30.3 Å². The number of nitrogens with zero attached hydrogens (tertiary/aromatic N) is 1. The van der Waals surface area contributed by atoms with Crippen molar-refractivity contribution in [2.75, 3.05) is 7.11 Å². The average Bonchev–Trinajstić information content (AvgIpc) is 2.16. The molecule has 0 atom stereocenters. The van der Waals surface area contributed by atoms with Gasteiger partial charge in [-0.3, -0.25) is 0 Å². The highest BCUT2D eigenvalue weighted by Crippen LogP contribution is 2.20. The minimum absolute atomic E-state index is 0.832. The van der Waals surface area contributed by atoms with Crippen molar-refractivity contribution in [3.05, 3.63) is 34.9 Å². The Labute approximate surface area is 84.7 Å². The summed E-state index contributed by atoms with van der Waals surface area (Å²) >= 11 is 3.33. The predicted molar refractivity (Wildman–Crippen MR) is 56.0 cm³/mol. The van der Waals surface area contributed by atoms with E-state index in [9.17, 15) is 0 Å². The number of hydrogen-bond donors (Lipinski definition) is 0. The van der Waals surface area contributed by atoms with Gasteiger partial charge in [0.15, 0.2) is 0 Å². The van der Waals surface area contributed by atoms with Crippen LogP contribution in [-0.2, 0) is 0 Å². The molecule has 0 spiro atoms. The summed E-state index contributed by atoms with van der Waals surface area (Å²) in [6.07, 6.45) is 0. The summed E-state index contributed by atoms with van der Waals surface area (Å²) < 4.78 is 5.95. The third-order valence-corrected chi connectivity index (χ3v) is 2.31. The summed E-state index contributed by atoms with van der Waals surface area (Å²) in [6, 6.07) is 9.78. The van der Waals surface area contributed by atoms with Gasteiger partial charge in [0, 0.05) is 11.5 Å². The number of methoxy groups -OCH3 is 1. The van der Waals surface area contributed by atoms with Crippen LogP contribution in [0.5, 0.6) is 5.75 Å². The Morgan fingerprint density at radius 1 is 1.23 bits per heavy atom. The molecule has 0 aliphatic heterocycles. The van der Waals surface area contributed by atoms with E-state index in [2.05, 4.69) is 20.9 Å². The monoisotopic (exact) mass is 237 g/mol. The first-order valence-corrected chi connectivity index (χ1v) is 4.69. The van der Waals surface area contributed by atoms with Crippen molar-refractivity contribution < 1.29 is 4.74 Å². The molecule has 13 heavy (non-hydrogen) atoms. The van der Waals surface area contributed by atoms with Gasteiger partial charge in [-0.15, -0.1) is 0 Å². The largest absolute Gasteiger partial charge is 0.497 e. The number of aromatic nitrogens is 1. The fourth-order valence-electron chi connectivity index (χ4n) is 1.20. The maximum absolute atomic E-state index is 5.11. The number of pyridine rings is 1. The van der Waals surface area contributed by atoms with E-state index < -0.39 is 0 Å². The number of ether oxygens (including phenoxy) is 1. The van der Waals surface area contributed by atoms with Crippen LogP contribution in [0.4, 0.5) is 0 Å². The van der Waals surface area contributed by atoms with Crippen LogP contribution in [-0.4, -0.2) is 12.1 Å². The molecule has 0 amide bonds. The first-order valence-electron chi connectivity index (χ1n) is 3.90. The molecular formula is C10H8BrNO. The molecule has 3 heteroatoms. The SMILES string of the molecule is COc1ccc2ccc(Br)nc2c1. The Hall–Kier alpha value is -1.09. The lowest BCUT2D eigenvalue weighted by Gasteiger charge is -2.01. The maximum atomic E-state index is 5.11. The lowest BCUT2D eigenvalue weighted by molar-refractivity contribution is 0.415. The molecule has 2 rings (SSSR count). The van der Waals surface area contributed by atoms with Crippen LogP contribution < -0.4 is 4.74 Å². The molecule has 0 radical (unpaired) electrons. The van der Waals surface area contributed by atoms with Crippen LogP contribution in [0.1, 0.15) is 0 Å². The molecule has 2 nitrogen and oxygen atoms in total. The molecule has 66 valence electrons. The molecule has 0 saturated carbocycles. The molecule has 0 saturated heterocycles. The molecular weight excluding hydrogens is 230 g/mol. The number of fused-ring (bicyclic) bond motifs is 1. The van der Waals surface area contributed by atoms with E-state index >= 15 is 0 Å². The zero-order valence-corrected chi connectivity index (χ0v) is 8.71. The number of halogens is 1. The molecule has 1 heterocycles. The van der Waals surface area contributed by atoms with E-state index in [1.165, 1.54) is 0 Å². The van der Waals surface area contributed by atoms with Gasteiger partial charge in [-0.2, -0.15) is 0 Å². The van der Waals surface area contributed by atoms with Crippen molar-refractivity contribution in [3.63, 3.8) is 0 Å². The van der Waals surface area contributed by atoms with Gasteiger partial charge < -0.3 is 4.74 Å². The van der Waals surface area contributed by atoms with Crippen molar-refractivity contribution in [3.8, 4) is 5.75 Å². The van der Waals surface area contributed by atoms with E-state index in [1.54, 1.807) is 7.11 Å². The third kappa shape index (κ3) is 1.65. The molecule has 0 unspecified atom stereocenters. The van der Waals surface area contributed by atoms with Crippen LogP contribution in [0.2, 0.25) is 0 Å². The van der Waals surface area contributed by atoms with Gasteiger partial charge in [-0.25, -0.2) is 4.98 Å². The van der Waals surface area contributed by atoms with Crippen LogP contribution >= 0.6 is 15.9 Å². The van der Waals surface area contributed by atoms with Gasteiger partial charge in [-0.1, -0.05) is 6.07 Å². The molecule has 0 fully saturated rings. The Bertz CT molecular complexity index is 442. The molecule has 0 aliphatic rings. The second-order valence-corrected chi connectivity index (χ2v) is 3.51. The summed E-state index contributed by atoms with van der Waals surface area (Å²) in [6.45, 7) is 0. The summed E-state index contributed by atoms with van der Waals surface area (Å²) in [4.78, 5) is 4.32. The molecule has 0 aliphatic carbocycles. The van der Waals surface area contributed by atoms with Gasteiger partial charge >= 0.3 is 0 Å². The van der Waals surface area contributed by atoms with Crippen molar-refractivity contribution in [1.82, 2.24) is 4.98 Å². The first-order chi connectivity index (χ1) is 6.29. The zero-order chi connectivity index (χ0) is 9.26. The van der Waals surface area contributed by atoms with E-state index in [4.69, 9.17) is 4.74 Å². The minimum Gasteiger partial charge on any atom is -0.497 e. The summed E-state index contributed by atoms with van der Waals surface area (Å²) in [7, 11) is 1.65. The standard InChI is InChI=1S/C10H8BrNO/c1-13-8-4-2-7-3-5-10(11)12-9(7)6-8/h2-6H,1H3. The third-order valence-electron chi connectivity index (χ3n) is 1.87. The summed E-state index contributed by atoms with van der Waals surface area (Å²) in [5.41, 5.74) is 0.939.